The summed E-state index contributed by atoms with van der Waals surface area (Å²) in [6.07, 6.45) is 15.2. The van der Waals surface area contributed by atoms with Crippen molar-refractivity contribution in [1.82, 2.24) is 0 Å². The molecule has 0 N–H and O–H groups in total. The molecule has 1 aliphatic rings. The van der Waals surface area contributed by atoms with Crippen molar-refractivity contribution < 1.29 is 9.53 Å². The molecule has 0 aliphatic heterocycles. The van der Waals surface area contributed by atoms with Crippen molar-refractivity contribution in [1.29, 1.82) is 5.26 Å². The van der Waals surface area contributed by atoms with Crippen LogP contribution in [0.1, 0.15) is 103 Å². The highest BCUT2D eigenvalue weighted by Gasteiger charge is 2.37. The fraction of sp³-hybridized carbons (Fsp3) is 0.692. The first-order chi connectivity index (χ1) is 14.1. The van der Waals surface area contributed by atoms with Gasteiger partial charge in [0, 0.05) is 0 Å². The number of aryl methyl sites for hydroxylation is 1. The molecule has 3 heteroatoms. The molecule has 0 heterocycles. The Kier molecular flexibility index (Phi) is 10.3. The summed E-state index contributed by atoms with van der Waals surface area (Å²) < 4.78 is 5.64. The van der Waals surface area contributed by atoms with Gasteiger partial charge in [-0.2, -0.15) is 5.26 Å². The molecule has 0 aromatic heterocycles. The Morgan fingerprint density at radius 3 is 2.24 bits per heavy atom. The van der Waals surface area contributed by atoms with E-state index in [0.29, 0.717) is 5.75 Å². The van der Waals surface area contributed by atoms with Gasteiger partial charge in [-0.05, 0) is 62.6 Å². The lowest BCUT2D eigenvalue weighted by Crippen LogP contribution is -2.31. The highest BCUT2D eigenvalue weighted by atomic mass is 16.5. The molecule has 1 fully saturated rings. The summed E-state index contributed by atoms with van der Waals surface area (Å²) in [6, 6.07) is 10.6. The van der Waals surface area contributed by atoms with Crippen molar-refractivity contribution in [2.75, 3.05) is 0 Å². The second-order valence-electron chi connectivity index (χ2n) is 8.85. The van der Waals surface area contributed by atoms with Crippen LogP contribution in [0.4, 0.5) is 0 Å². The van der Waals surface area contributed by atoms with E-state index in [1.165, 1.54) is 50.5 Å². The number of esters is 1. The number of hydrogen-bond donors (Lipinski definition) is 0. The lowest BCUT2D eigenvalue weighted by atomic mass is 9.69. The van der Waals surface area contributed by atoms with Gasteiger partial charge in [-0.3, -0.25) is 4.79 Å². The topological polar surface area (TPSA) is 50.1 Å². The number of carbonyl (C=O) groups excluding carboxylic acids is 1. The van der Waals surface area contributed by atoms with Crippen LogP contribution in [0.3, 0.4) is 0 Å². The molecular weight excluding hydrogens is 358 g/mol. The van der Waals surface area contributed by atoms with E-state index in [-0.39, 0.29) is 17.3 Å². The SMILES string of the molecule is CCCCCCCc1ccc(OC(=O)[C@H]2CC[C@@](C#N)(CCCCC)CC2)cc1. The maximum Gasteiger partial charge on any atom is 0.314 e. The second-order valence-corrected chi connectivity index (χ2v) is 8.85. The lowest BCUT2D eigenvalue weighted by molar-refractivity contribution is -0.140. The first-order valence-corrected chi connectivity index (χ1v) is 11.8. The van der Waals surface area contributed by atoms with Crippen LogP contribution in [0, 0.1) is 22.7 Å². The van der Waals surface area contributed by atoms with Gasteiger partial charge in [0.1, 0.15) is 5.75 Å². The third kappa shape index (κ3) is 7.84. The summed E-state index contributed by atoms with van der Waals surface area (Å²) in [4.78, 5) is 12.6. The summed E-state index contributed by atoms with van der Waals surface area (Å²) in [5, 5.41) is 9.66. The van der Waals surface area contributed by atoms with E-state index in [1.807, 2.05) is 12.1 Å². The summed E-state index contributed by atoms with van der Waals surface area (Å²) in [7, 11) is 0. The number of benzene rings is 1. The van der Waals surface area contributed by atoms with Crippen LogP contribution >= 0.6 is 0 Å². The molecule has 1 aromatic rings. The molecule has 3 nitrogen and oxygen atoms in total. The number of rotatable bonds is 12. The minimum Gasteiger partial charge on any atom is -0.426 e. The van der Waals surface area contributed by atoms with Crippen molar-refractivity contribution in [3.8, 4) is 11.8 Å². The molecule has 0 bridgehead atoms. The van der Waals surface area contributed by atoms with Gasteiger partial charge in [0.2, 0.25) is 0 Å². The Balaban J connectivity index is 1.75. The van der Waals surface area contributed by atoms with Crippen molar-refractivity contribution >= 4 is 5.97 Å². The van der Waals surface area contributed by atoms with E-state index >= 15 is 0 Å². The van der Waals surface area contributed by atoms with Crippen LogP contribution in [0.15, 0.2) is 24.3 Å². The van der Waals surface area contributed by atoms with E-state index in [9.17, 15) is 10.1 Å². The van der Waals surface area contributed by atoms with Gasteiger partial charge in [0.05, 0.1) is 17.4 Å². The van der Waals surface area contributed by atoms with Gasteiger partial charge in [0.15, 0.2) is 0 Å². The zero-order valence-corrected chi connectivity index (χ0v) is 18.5. The molecule has 0 radical (unpaired) electrons. The fourth-order valence-corrected chi connectivity index (χ4v) is 4.39. The van der Waals surface area contributed by atoms with Crippen LogP contribution < -0.4 is 4.74 Å². The van der Waals surface area contributed by atoms with Gasteiger partial charge < -0.3 is 4.74 Å². The Labute approximate surface area is 177 Å². The third-order valence-corrected chi connectivity index (χ3v) is 6.48. The van der Waals surface area contributed by atoms with Crippen LogP contribution in [0.2, 0.25) is 0 Å². The summed E-state index contributed by atoms with van der Waals surface area (Å²) in [5.74, 6) is 0.447. The molecule has 1 saturated carbocycles. The zero-order chi connectivity index (χ0) is 21.0. The molecule has 160 valence electrons. The largest absolute Gasteiger partial charge is 0.426 e. The molecule has 2 rings (SSSR count). The molecule has 0 saturated heterocycles. The Morgan fingerprint density at radius 1 is 1.00 bits per heavy atom. The standard InChI is InChI=1S/C26H39NO2/c1-3-5-7-8-9-11-22-12-14-24(15-13-22)29-25(28)23-16-19-26(21-27,20-17-23)18-10-6-4-2/h12-15,23H,3-11,16-20H2,1-2H3/t23-,26-. The van der Waals surface area contributed by atoms with E-state index in [2.05, 4.69) is 32.0 Å². The number of hydrogen-bond acceptors (Lipinski definition) is 3. The number of ether oxygens (including phenoxy) is 1. The molecular formula is C26H39NO2. The lowest BCUT2D eigenvalue weighted by Gasteiger charge is -2.34. The molecule has 0 atom stereocenters. The number of unbranched alkanes of at least 4 members (excludes halogenated alkanes) is 6. The maximum atomic E-state index is 12.6. The van der Waals surface area contributed by atoms with Gasteiger partial charge in [0.25, 0.3) is 0 Å². The monoisotopic (exact) mass is 397 g/mol. The number of nitrogens with zero attached hydrogens (tertiary/aromatic N) is 1. The van der Waals surface area contributed by atoms with E-state index in [0.717, 1.165) is 44.9 Å². The fourth-order valence-electron chi connectivity index (χ4n) is 4.39. The van der Waals surface area contributed by atoms with Crippen LogP contribution in [-0.2, 0) is 11.2 Å². The quantitative estimate of drug-likeness (QED) is 0.210. The van der Waals surface area contributed by atoms with Gasteiger partial charge in [-0.25, -0.2) is 0 Å². The molecule has 0 unspecified atom stereocenters. The van der Waals surface area contributed by atoms with E-state index < -0.39 is 0 Å². The van der Waals surface area contributed by atoms with Crippen LogP contribution in [0.5, 0.6) is 5.75 Å². The Bertz CT molecular complexity index is 636. The normalized spacial score (nSPS) is 21.5. The second kappa shape index (κ2) is 12.7. The van der Waals surface area contributed by atoms with Gasteiger partial charge >= 0.3 is 5.97 Å². The molecule has 0 spiro atoms. The number of carbonyl (C=O) groups is 1. The third-order valence-electron chi connectivity index (χ3n) is 6.48. The van der Waals surface area contributed by atoms with Crippen LogP contribution in [-0.4, -0.2) is 5.97 Å². The van der Waals surface area contributed by atoms with Crippen molar-refractivity contribution in [3.63, 3.8) is 0 Å². The molecule has 29 heavy (non-hydrogen) atoms. The molecule has 1 aromatic carbocycles. The first kappa shape index (κ1) is 23.5. The number of nitriles is 1. The summed E-state index contributed by atoms with van der Waals surface area (Å²) >= 11 is 0. The molecule has 0 amide bonds. The Hall–Kier alpha value is -1.82. The van der Waals surface area contributed by atoms with Gasteiger partial charge in [-0.1, -0.05) is 70.9 Å². The first-order valence-electron chi connectivity index (χ1n) is 11.8. The van der Waals surface area contributed by atoms with E-state index in [4.69, 9.17) is 4.74 Å². The predicted octanol–water partition coefficient (Wildman–Crippen LogP) is 7.39. The molecule has 1 aliphatic carbocycles. The van der Waals surface area contributed by atoms with Gasteiger partial charge in [-0.15, -0.1) is 0 Å². The maximum absolute atomic E-state index is 12.6. The zero-order valence-electron chi connectivity index (χ0n) is 18.5. The van der Waals surface area contributed by atoms with Crippen molar-refractivity contribution in [2.24, 2.45) is 11.3 Å². The average molecular weight is 398 g/mol. The van der Waals surface area contributed by atoms with Crippen molar-refractivity contribution in [2.45, 2.75) is 104 Å². The van der Waals surface area contributed by atoms with Crippen molar-refractivity contribution in [3.05, 3.63) is 29.8 Å². The van der Waals surface area contributed by atoms with E-state index in [1.54, 1.807) is 0 Å². The highest BCUT2D eigenvalue weighted by molar-refractivity contribution is 5.75. The minimum atomic E-state index is -0.218. The summed E-state index contributed by atoms with van der Waals surface area (Å²) in [6.45, 7) is 4.42. The summed E-state index contributed by atoms with van der Waals surface area (Å²) in [5.41, 5.74) is 1.09. The highest BCUT2D eigenvalue weighted by Crippen LogP contribution is 2.42. The average Bonchev–Trinajstić information content (AvgIpc) is 2.75. The minimum absolute atomic E-state index is 0.0686. The Morgan fingerprint density at radius 2 is 1.62 bits per heavy atom. The predicted molar refractivity (Wildman–Crippen MR) is 119 cm³/mol. The smallest absolute Gasteiger partial charge is 0.314 e. The van der Waals surface area contributed by atoms with Crippen LogP contribution in [0.25, 0.3) is 0 Å².